The zero-order valence-electron chi connectivity index (χ0n) is 10.5. The molecular weight excluding hydrogens is 238 g/mol. The average molecular weight is 259 g/mol. The number of nitriles is 1. The third kappa shape index (κ3) is 7.21. The minimum absolute atomic E-state index is 0.0913. The molecule has 0 rings (SSSR count). The number of nitrogens with zero attached hydrogens (tertiary/aromatic N) is 2. The number of hydrogen-bond acceptors (Lipinski definition) is 5. The van der Waals surface area contributed by atoms with Crippen LogP contribution in [0.3, 0.4) is 0 Å². The Morgan fingerprint density at radius 3 is 2.82 bits per heavy atom. The molecule has 0 aromatic heterocycles. The summed E-state index contributed by atoms with van der Waals surface area (Å²) in [7, 11) is 1.58. The summed E-state index contributed by atoms with van der Waals surface area (Å²) in [6.07, 6.45) is 2.97. The first-order valence-corrected chi connectivity index (χ1v) is 6.96. The molecule has 0 aliphatic heterocycles. The van der Waals surface area contributed by atoms with Gasteiger partial charge in [-0.05, 0) is 18.4 Å². The van der Waals surface area contributed by atoms with Gasteiger partial charge in [0.1, 0.15) is 0 Å². The van der Waals surface area contributed by atoms with Crippen LogP contribution in [0.15, 0.2) is 0 Å². The number of carbonyl (C=O) groups is 1. The average Bonchev–Trinajstić information content (AvgIpc) is 2.35. The molecule has 0 spiro atoms. The summed E-state index contributed by atoms with van der Waals surface area (Å²) in [6.45, 7) is 1.38. The van der Waals surface area contributed by atoms with Crippen LogP contribution in [0.5, 0.6) is 0 Å². The van der Waals surface area contributed by atoms with Crippen LogP contribution in [0.25, 0.3) is 0 Å². The van der Waals surface area contributed by atoms with Crippen molar-refractivity contribution in [3.8, 4) is 6.07 Å². The van der Waals surface area contributed by atoms with E-state index in [0.717, 1.165) is 5.75 Å². The highest BCUT2D eigenvalue weighted by molar-refractivity contribution is 7.98. The fourth-order valence-corrected chi connectivity index (χ4v) is 1.81. The molecule has 0 saturated carbocycles. The van der Waals surface area contributed by atoms with E-state index in [9.17, 15) is 4.79 Å². The number of hydrogen-bond donors (Lipinski definition) is 1. The lowest BCUT2D eigenvalue weighted by Gasteiger charge is -2.24. The Hall–Kier alpha value is -0.770. The topological polar surface area (TPSA) is 79.3 Å². The molecule has 98 valence electrons. The van der Waals surface area contributed by atoms with Crippen molar-refractivity contribution in [1.29, 1.82) is 5.26 Å². The second kappa shape index (κ2) is 10.4. The smallest absolute Gasteiger partial charge is 0.239 e. The summed E-state index contributed by atoms with van der Waals surface area (Å²) >= 11 is 1.67. The maximum absolute atomic E-state index is 12.0. The van der Waals surface area contributed by atoms with E-state index in [1.54, 1.807) is 23.8 Å². The highest BCUT2D eigenvalue weighted by Gasteiger charge is 2.19. The normalized spacial score (nSPS) is 11.9. The standard InChI is InChI=1S/C11H21N3O2S/c1-16-8-7-14(6-3-5-12)11(15)10(13)4-9-17-2/h10H,3-4,6-9,13H2,1-2H3/t10-/m1/s1. The summed E-state index contributed by atoms with van der Waals surface area (Å²) in [4.78, 5) is 13.6. The Morgan fingerprint density at radius 2 is 2.29 bits per heavy atom. The molecule has 0 fully saturated rings. The Kier molecular flexibility index (Phi) is 9.92. The van der Waals surface area contributed by atoms with Crippen molar-refractivity contribution in [3.05, 3.63) is 0 Å². The van der Waals surface area contributed by atoms with Gasteiger partial charge in [-0.1, -0.05) is 0 Å². The maximum Gasteiger partial charge on any atom is 0.239 e. The van der Waals surface area contributed by atoms with E-state index in [1.807, 2.05) is 12.3 Å². The second-order valence-corrected chi connectivity index (χ2v) is 4.60. The van der Waals surface area contributed by atoms with Gasteiger partial charge in [0.15, 0.2) is 0 Å². The van der Waals surface area contributed by atoms with E-state index in [-0.39, 0.29) is 5.91 Å². The Labute approximate surface area is 107 Å². The number of ether oxygens (including phenoxy) is 1. The van der Waals surface area contributed by atoms with Crippen LogP contribution in [0.4, 0.5) is 0 Å². The van der Waals surface area contributed by atoms with Gasteiger partial charge in [-0.15, -0.1) is 0 Å². The van der Waals surface area contributed by atoms with Crippen LogP contribution in [-0.2, 0) is 9.53 Å². The zero-order valence-corrected chi connectivity index (χ0v) is 11.3. The lowest BCUT2D eigenvalue weighted by Crippen LogP contribution is -2.45. The van der Waals surface area contributed by atoms with E-state index in [0.29, 0.717) is 32.5 Å². The molecule has 0 heterocycles. The fourth-order valence-electron chi connectivity index (χ4n) is 1.32. The number of amides is 1. The third-order valence-electron chi connectivity index (χ3n) is 2.32. The van der Waals surface area contributed by atoms with Gasteiger partial charge in [-0.25, -0.2) is 0 Å². The summed E-state index contributed by atoms with van der Waals surface area (Å²) in [5.74, 6) is 0.773. The Bertz CT molecular complexity index is 256. The number of methoxy groups -OCH3 is 1. The van der Waals surface area contributed by atoms with Gasteiger partial charge in [-0.3, -0.25) is 4.79 Å². The predicted octanol–water partition coefficient (Wildman–Crippen LogP) is 0.455. The van der Waals surface area contributed by atoms with Crippen molar-refractivity contribution >= 4 is 17.7 Å². The molecule has 17 heavy (non-hydrogen) atoms. The summed E-state index contributed by atoms with van der Waals surface area (Å²) in [5, 5.41) is 8.55. The SMILES string of the molecule is COCCN(CCC#N)C(=O)[C@H](N)CCSC. The molecule has 5 nitrogen and oxygen atoms in total. The van der Waals surface area contributed by atoms with Gasteiger partial charge in [0.2, 0.25) is 5.91 Å². The van der Waals surface area contributed by atoms with Gasteiger partial charge in [-0.2, -0.15) is 17.0 Å². The van der Waals surface area contributed by atoms with Gasteiger partial charge >= 0.3 is 0 Å². The van der Waals surface area contributed by atoms with Crippen molar-refractivity contribution in [3.63, 3.8) is 0 Å². The van der Waals surface area contributed by atoms with Crippen LogP contribution in [0.1, 0.15) is 12.8 Å². The second-order valence-electron chi connectivity index (χ2n) is 3.61. The summed E-state index contributed by atoms with van der Waals surface area (Å²) in [6, 6.07) is 1.56. The lowest BCUT2D eigenvalue weighted by molar-refractivity contribution is -0.133. The first kappa shape index (κ1) is 16.2. The molecule has 0 bridgehead atoms. The molecular formula is C11H21N3O2S. The van der Waals surface area contributed by atoms with E-state index in [4.69, 9.17) is 15.7 Å². The first-order chi connectivity index (χ1) is 8.17. The molecule has 0 unspecified atom stereocenters. The minimum atomic E-state index is -0.474. The molecule has 1 atom stereocenters. The van der Waals surface area contributed by atoms with Crippen LogP contribution >= 0.6 is 11.8 Å². The zero-order chi connectivity index (χ0) is 13.1. The molecule has 6 heteroatoms. The van der Waals surface area contributed by atoms with Crippen LogP contribution in [-0.4, -0.2) is 55.7 Å². The van der Waals surface area contributed by atoms with Crippen molar-refractivity contribution in [2.45, 2.75) is 18.9 Å². The largest absolute Gasteiger partial charge is 0.383 e. The highest BCUT2D eigenvalue weighted by Crippen LogP contribution is 2.03. The highest BCUT2D eigenvalue weighted by atomic mass is 32.2. The molecule has 1 amide bonds. The quantitative estimate of drug-likeness (QED) is 0.650. The molecule has 0 aromatic rings. The summed E-state index contributed by atoms with van der Waals surface area (Å²) < 4.78 is 4.94. The number of carbonyl (C=O) groups excluding carboxylic acids is 1. The molecule has 0 aliphatic rings. The molecule has 0 aliphatic carbocycles. The molecule has 0 aromatic carbocycles. The van der Waals surface area contributed by atoms with Crippen LogP contribution < -0.4 is 5.73 Å². The van der Waals surface area contributed by atoms with Gasteiger partial charge in [0.05, 0.1) is 25.1 Å². The summed E-state index contributed by atoms with van der Waals surface area (Å²) in [5.41, 5.74) is 5.82. The number of thioether (sulfide) groups is 1. The molecule has 0 saturated heterocycles. The van der Waals surface area contributed by atoms with Crippen molar-refractivity contribution in [1.82, 2.24) is 4.90 Å². The number of rotatable bonds is 9. The van der Waals surface area contributed by atoms with Crippen molar-refractivity contribution in [2.24, 2.45) is 5.73 Å². The van der Waals surface area contributed by atoms with Gasteiger partial charge in [0.25, 0.3) is 0 Å². The van der Waals surface area contributed by atoms with E-state index >= 15 is 0 Å². The number of nitrogens with two attached hydrogens (primary N) is 1. The predicted molar refractivity (Wildman–Crippen MR) is 69.7 cm³/mol. The Balaban J connectivity index is 4.23. The first-order valence-electron chi connectivity index (χ1n) is 5.56. The van der Waals surface area contributed by atoms with E-state index < -0.39 is 6.04 Å². The molecule has 2 N–H and O–H groups in total. The van der Waals surface area contributed by atoms with Crippen molar-refractivity contribution in [2.75, 3.05) is 38.8 Å². The van der Waals surface area contributed by atoms with Gasteiger partial charge in [0, 0.05) is 20.2 Å². The monoisotopic (exact) mass is 259 g/mol. The minimum Gasteiger partial charge on any atom is -0.383 e. The van der Waals surface area contributed by atoms with E-state index in [2.05, 4.69) is 0 Å². The third-order valence-corrected chi connectivity index (χ3v) is 2.96. The Morgan fingerprint density at radius 1 is 1.59 bits per heavy atom. The van der Waals surface area contributed by atoms with Crippen LogP contribution in [0.2, 0.25) is 0 Å². The maximum atomic E-state index is 12.0. The fraction of sp³-hybridized carbons (Fsp3) is 0.818. The van der Waals surface area contributed by atoms with Crippen molar-refractivity contribution < 1.29 is 9.53 Å². The lowest BCUT2D eigenvalue weighted by atomic mass is 10.2. The van der Waals surface area contributed by atoms with Gasteiger partial charge < -0.3 is 15.4 Å². The molecule has 0 radical (unpaired) electrons. The van der Waals surface area contributed by atoms with Crippen LogP contribution in [0, 0.1) is 11.3 Å². The van der Waals surface area contributed by atoms with E-state index in [1.165, 1.54) is 0 Å².